The maximum Gasteiger partial charge on any atom is 0.270 e. The summed E-state index contributed by atoms with van der Waals surface area (Å²) in [6, 6.07) is 8.58. The predicted molar refractivity (Wildman–Crippen MR) is 115 cm³/mol. The number of carbonyl (C=O) groups excluding carboxylic acids is 2. The van der Waals surface area contributed by atoms with Gasteiger partial charge in [-0.15, -0.1) is 0 Å². The molecule has 2 aromatic rings. The largest absolute Gasteiger partial charge is 0.494 e. The van der Waals surface area contributed by atoms with Crippen molar-refractivity contribution in [3.63, 3.8) is 0 Å². The molecule has 3 rings (SSSR count). The molecule has 1 fully saturated rings. The van der Waals surface area contributed by atoms with Crippen molar-refractivity contribution in [1.29, 1.82) is 0 Å². The summed E-state index contributed by atoms with van der Waals surface area (Å²) in [5, 5.41) is 2.57. The smallest absolute Gasteiger partial charge is 0.270 e. The lowest BCUT2D eigenvalue weighted by Gasteiger charge is -2.28. The van der Waals surface area contributed by atoms with Gasteiger partial charge in [-0.1, -0.05) is 0 Å². The van der Waals surface area contributed by atoms with Crippen LogP contribution < -0.4 is 19.9 Å². The van der Waals surface area contributed by atoms with Crippen molar-refractivity contribution < 1.29 is 18.7 Å². The molecule has 0 radical (unpaired) electrons. The highest BCUT2D eigenvalue weighted by molar-refractivity contribution is 9.10. The first-order valence-corrected chi connectivity index (χ1v) is 9.63. The number of furan rings is 1. The normalized spacial score (nSPS) is 15.8. The first kappa shape index (κ1) is 20.1. The van der Waals surface area contributed by atoms with Gasteiger partial charge in [-0.25, -0.2) is 0 Å². The van der Waals surface area contributed by atoms with E-state index in [2.05, 4.69) is 21.2 Å². The Balaban J connectivity index is 1.94. The molecule has 1 aliphatic rings. The molecule has 2 heterocycles. The first-order chi connectivity index (χ1) is 13.3. The summed E-state index contributed by atoms with van der Waals surface area (Å²) in [7, 11) is 3.65. The van der Waals surface area contributed by atoms with Gasteiger partial charge in [0, 0.05) is 20.2 Å². The topological polar surface area (TPSA) is 75.0 Å². The minimum atomic E-state index is -0.573. The summed E-state index contributed by atoms with van der Waals surface area (Å²) in [5.41, 5.74) is 0.452. The Kier molecular flexibility index (Phi) is 5.85. The number of hydrogen-bond donors (Lipinski definition) is 1. The molecule has 7 nitrogen and oxygen atoms in total. The van der Waals surface area contributed by atoms with Crippen LogP contribution in [-0.4, -0.2) is 37.6 Å². The number of benzene rings is 1. The number of hydrogen-bond acceptors (Lipinski definition) is 6. The first-order valence-electron chi connectivity index (χ1n) is 8.42. The zero-order valence-corrected chi connectivity index (χ0v) is 17.9. The average molecular weight is 464 g/mol. The number of amides is 2. The lowest BCUT2D eigenvalue weighted by molar-refractivity contribution is -0.122. The van der Waals surface area contributed by atoms with Crippen LogP contribution in [0.15, 0.2) is 44.8 Å². The Hall–Kier alpha value is -2.65. The van der Waals surface area contributed by atoms with Crippen molar-refractivity contribution in [2.24, 2.45) is 0 Å². The number of nitrogens with zero attached hydrogens (tertiary/aromatic N) is 2. The summed E-state index contributed by atoms with van der Waals surface area (Å²) >= 11 is 8.60. The molecule has 1 saturated heterocycles. The number of halogens is 1. The summed E-state index contributed by atoms with van der Waals surface area (Å²) in [6.45, 7) is 2.43. The Labute approximate surface area is 176 Å². The number of thiocarbonyl (C=S) groups is 1. The third-order valence-electron chi connectivity index (χ3n) is 3.89. The Morgan fingerprint density at radius 1 is 1.29 bits per heavy atom. The highest BCUT2D eigenvalue weighted by Crippen LogP contribution is 2.31. The van der Waals surface area contributed by atoms with Gasteiger partial charge in [0.05, 0.1) is 16.8 Å². The van der Waals surface area contributed by atoms with E-state index in [4.69, 9.17) is 21.4 Å². The van der Waals surface area contributed by atoms with E-state index in [1.807, 2.05) is 21.0 Å². The van der Waals surface area contributed by atoms with E-state index >= 15 is 0 Å². The van der Waals surface area contributed by atoms with Gasteiger partial charge < -0.3 is 14.1 Å². The van der Waals surface area contributed by atoms with E-state index in [1.54, 1.807) is 35.2 Å². The fourth-order valence-corrected chi connectivity index (χ4v) is 3.59. The van der Waals surface area contributed by atoms with Crippen molar-refractivity contribution in [2.75, 3.05) is 30.5 Å². The van der Waals surface area contributed by atoms with Crippen LogP contribution in [0.1, 0.15) is 12.7 Å². The van der Waals surface area contributed by atoms with Gasteiger partial charge in [0.1, 0.15) is 17.1 Å². The molecule has 28 heavy (non-hydrogen) atoms. The maximum atomic E-state index is 13.0. The third-order valence-corrected chi connectivity index (χ3v) is 4.74. The van der Waals surface area contributed by atoms with Crippen LogP contribution >= 0.6 is 28.1 Å². The molecule has 1 aromatic heterocycles. The summed E-state index contributed by atoms with van der Waals surface area (Å²) in [6.07, 6.45) is 1.40. The average Bonchev–Trinajstić information content (AvgIpc) is 3.01. The second-order valence-corrected chi connectivity index (χ2v) is 7.32. The van der Waals surface area contributed by atoms with Gasteiger partial charge in [0.25, 0.3) is 11.8 Å². The van der Waals surface area contributed by atoms with Gasteiger partial charge in [-0.2, -0.15) is 0 Å². The number of nitrogens with one attached hydrogen (secondary N) is 1. The third kappa shape index (κ3) is 3.95. The zero-order chi connectivity index (χ0) is 20.4. The predicted octanol–water partition coefficient (Wildman–Crippen LogP) is 3.34. The molecule has 9 heteroatoms. The van der Waals surface area contributed by atoms with Gasteiger partial charge in [0.15, 0.2) is 5.11 Å². The maximum absolute atomic E-state index is 13.0. The number of rotatable bonds is 5. The quantitative estimate of drug-likeness (QED) is 0.416. The van der Waals surface area contributed by atoms with E-state index < -0.39 is 11.8 Å². The van der Waals surface area contributed by atoms with E-state index in [1.165, 1.54) is 11.0 Å². The van der Waals surface area contributed by atoms with Crippen LogP contribution in [0.2, 0.25) is 0 Å². The lowest BCUT2D eigenvalue weighted by atomic mass is 10.1. The standard InChI is InChI=1S/C19H18BrN3O4S/c1-4-26-12-7-5-11(6-8-12)23-17(25)14(16(24)21-19(23)28)9-13-10-15(20)18(27-13)22(2)3/h5-10H,4H2,1-3H3,(H,21,24,28). The zero-order valence-electron chi connectivity index (χ0n) is 15.5. The van der Waals surface area contributed by atoms with E-state index in [0.717, 1.165) is 0 Å². The molecule has 0 bridgehead atoms. The Bertz CT molecular complexity index is 966. The van der Waals surface area contributed by atoms with Crippen LogP contribution in [0.4, 0.5) is 11.6 Å². The minimum absolute atomic E-state index is 0.0194. The lowest BCUT2D eigenvalue weighted by Crippen LogP contribution is -2.54. The monoisotopic (exact) mass is 463 g/mol. The van der Waals surface area contributed by atoms with E-state index in [0.29, 0.717) is 34.2 Å². The minimum Gasteiger partial charge on any atom is -0.494 e. The molecule has 1 aromatic carbocycles. The van der Waals surface area contributed by atoms with Gasteiger partial charge >= 0.3 is 0 Å². The van der Waals surface area contributed by atoms with Crippen molar-refractivity contribution in [1.82, 2.24) is 5.32 Å². The van der Waals surface area contributed by atoms with Crippen LogP contribution in [0.3, 0.4) is 0 Å². The van der Waals surface area contributed by atoms with Crippen LogP contribution in [0, 0.1) is 0 Å². The van der Waals surface area contributed by atoms with Crippen molar-refractivity contribution in [3.05, 3.63) is 46.1 Å². The summed E-state index contributed by atoms with van der Waals surface area (Å²) in [5.74, 6) is 0.522. The molecule has 0 unspecified atom stereocenters. The van der Waals surface area contributed by atoms with Gasteiger partial charge in [-0.3, -0.25) is 19.8 Å². The van der Waals surface area contributed by atoms with Crippen molar-refractivity contribution in [3.8, 4) is 5.75 Å². The molecule has 1 aliphatic heterocycles. The number of carbonyl (C=O) groups is 2. The molecule has 0 aliphatic carbocycles. The van der Waals surface area contributed by atoms with Crippen LogP contribution in [0.5, 0.6) is 5.75 Å². The van der Waals surface area contributed by atoms with Gasteiger partial charge in [-0.05, 0) is 65.4 Å². The molecule has 0 spiro atoms. The fraction of sp³-hybridized carbons (Fsp3) is 0.211. The number of anilines is 2. The molecule has 2 amide bonds. The Morgan fingerprint density at radius 3 is 2.54 bits per heavy atom. The van der Waals surface area contributed by atoms with Crippen molar-refractivity contribution >= 4 is 62.7 Å². The second-order valence-electron chi connectivity index (χ2n) is 6.08. The van der Waals surface area contributed by atoms with Crippen molar-refractivity contribution in [2.45, 2.75) is 6.92 Å². The molecular formula is C19H18BrN3O4S. The highest BCUT2D eigenvalue weighted by atomic mass is 79.9. The fourth-order valence-electron chi connectivity index (χ4n) is 2.64. The summed E-state index contributed by atoms with van der Waals surface area (Å²) in [4.78, 5) is 28.4. The molecular weight excluding hydrogens is 446 g/mol. The van der Waals surface area contributed by atoms with E-state index in [9.17, 15) is 9.59 Å². The molecule has 146 valence electrons. The highest BCUT2D eigenvalue weighted by Gasteiger charge is 2.34. The van der Waals surface area contributed by atoms with Crippen LogP contribution in [-0.2, 0) is 9.59 Å². The Morgan fingerprint density at radius 2 is 1.96 bits per heavy atom. The second kappa shape index (κ2) is 8.15. The molecule has 0 atom stereocenters. The SMILES string of the molecule is CCOc1ccc(N2C(=O)C(=Cc3cc(Br)c(N(C)C)o3)C(=O)NC2=S)cc1. The number of ether oxygens (including phenoxy) is 1. The molecule has 0 saturated carbocycles. The summed E-state index contributed by atoms with van der Waals surface area (Å²) < 4.78 is 11.8. The van der Waals surface area contributed by atoms with E-state index in [-0.39, 0.29) is 10.7 Å². The van der Waals surface area contributed by atoms with Gasteiger partial charge in [0.2, 0.25) is 5.88 Å². The van der Waals surface area contributed by atoms with Crippen LogP contribution in [0.25, 0.3) is 6.08 Å². The molecule has 1 N–H and O–H groups in total.